The summed E-state index contributed by atoms with van der Waals surface area (Å²) in [6.45, 7) is 8.68. The lowest BCUT2D eigenvalue weighted by Gasteiger charge is -2.11. The van der Waals surface area contributed by atoms with Gasteiger partial charge in [0.1, 0.15) is 5.75 Å². The van der Waals surface area contributed by atoms with E-state index in [2.05, 4.69) is 52.0 Å². The fraction of sp³-hybridized carbons (Fsp3) is 0.467. The van der Waals surface area contributed by atoms with Crippen LogP contribution < -0.4 is 4.74 Å². The van der Waals surface area contributed by atoms with E-state index in [0.717, 1.165) is 12.2 Å². The van der Waals surface area contributed by atoms with Gasteiger partial charge in [0.15, 0.2) is 0 Å². The van der Waals surface area contributed by atoms with Crippen LogP contribution in [0.1, 0.15) is 44.7 Å². The third kappa shape index (κ3) is 3.41. The second kappa shape index (κ2) is 5.74. The summed E-state index contributed by atoms with van der Waals surface area (Å²) in [5.74, 6) is 1.55. The molecule has 0 aliphatic rings. The first-order chi connectivity index (χ1) is 7.54. The predicted octanol–water partition coefficient (Wildman–Crippen LogP) is 4.33. The minimum atomic E-state index is 0.566. The second-order valence-corrected chi connectivity index (χ2v) is 4.71. The molecule has 0 spiro atoms. The normalized spacial score (nSPS) is 10.4. The van der Waals surface area contributed by atoms with Crippen LogP contribution in [0.3, 0.4) is 0 Å². The highest BCUT2D eigenvalue weighted by Crippen LogP contribution is 2.25. The molecule has 0 atom stereocenters. The molecular formula is C15H22O. The zero-order valence-electron chi connectivity index (χ0n) is 11.0. The lowest BCUT2D eigenvalue weighted by molar-refractivity contribution is 0.410. The third-order valence-electron chi connectivity index (χ3n) is 2.70. The van der Waals surface area contributed by atoms with Crippen LogP contribution in [0.5, 0.6) is 5.75 Å². The van der Waals surface area contributed by atoms with Gasteiger partial charge in [-0.2, -0.15) is 0 Å². The highest BCUT2D eigenvalue weighted by molar-refractivity contribution is 5.39. The van der Waals surface area contributed by atoms with Gasteiger partial charge in [-0.05, 0) is 43.4 Å². The molecule has 0 unspecified atom stereocenters. The molecule has 0 saturated carbocycles. The molecule has 1 nitrogen and oxygen atoms in total. The SMILES string of the molecule is COc1ccc(C(C)C)cc1CC=C(C)C. The highest BCUT2D eigenvalue weighted by Gasteiger charge is 2.05. The molecule has 16 heavy (non-hydrogen) atoms. The maximum atomic E-state index is 5.38. The van der Waals surface area contributed by atoms with Gasteiger partial charge in [-0.15, -0.1) is 0 Å². The first-order valence-electron chi connectivity index (χ1n) is 5.84. The maximum Gasteiger partial charge on any atom is 0.122 e. The summed E-state index contributed by atoms with van der Waals surface area (Å²) >= 11 is 0. The van der Waals surface area contributed by atoms with Crippen molar-refractivity contribution in [1.82, 2.24) is 0 Å². The largest absolute Gasteiger partial charge is 0.496 e. The molecular weight excluding hydrogens is 196 g/mol. The summed E-state index contributed by atoms with van der Waals surface area (Å²) in [7, 11) is 1.73. The Morgan fingerprint density at radius 3 is 2.50 bits per heavy atom. The fourth-order valence-electron chi connectivity index (χ4n) is 1.63. The first-order valence-corrected chi connectivity index (χ1v) is 5.84. The molecule has 1 rings (SSSR count). The van der Waals surface area contributed by atoms with Crippen molar-refractivity contribution in [3.8, 4) is 5.75 Å². The standard InChI is InChI=1S/C15H22O/c1-11(2)6-7-14-10-13(12(3)4)8-9-15(14)16-5/h6,8-10,12H,7H2,1-5H3. The van der Waals surface area contributed by atoms with Gasteiger partial charge >= 0.3 is 0 Å². The topological polar surface area (TPSA) is 9.23 Å². The summed E-state index contributed by atoms with van der Waals surface area (Å²) in [6.07, 6.45) is 3.19. The van der Waals surface area contributed by atoms with E-state index < -0.39 is 0 Å². The lowest BCUT2D eigenvalue weighted by Crippen LogP contribution is -1.95. The summed E-state index contributed by atoms with van der Waals surface area (Å²) in [5, 5.41) is 0. The second-order valence-electron chi connectivity index (χ2n) is 4.71. The van der Waals surface area contributed by atoms with E-state index in [1.807, 2.05) is 0 Å². The number of allylic oxidation sites excluding steroid dienone is 2. The van der Waals surface area contributed by atoms with Gasteiger partial charge in [-0.3, -0.25) is 0 Å². The molecule has 88 valence electrons. The Morgan fingerprint density at radius 2 is 2.00 bits per heavy atom. The molecule has 0 saturated heterocycles. The van der Waals surface area contributed by atoms with E-state index in [0.29, 0.717) is 5.92 Å². The number of methoxy groups -OCH3 is 1. The maximum absolute atomic E-state index is 5.38. The van der Waals surface area contributed by atoms with E-state index in [1.54, 1.807) is 7.11 Å². The van der Waals surface area contributed by atoms with Crippen LogP contribution in [0.2, 0.25) is 0 Å². The van der Waals surface area contributed by atoms with Crippen molar-refractivity contribution < 1.29 is 4.74 Å². The van der Waals surface area contributed by atoms with Crippen LogP contribution >= 0.6 is 0 Å². The monoisotopic (exact) mass is 218 g/mol. The van der Waals surface area contributed by atoms with E-state index in [1.165, 1.54) is 16.7 Å². The quantitative estimate of drug-likeness (QED) is 0.684. The fourth-order valence-corrected chi connectivity index (χ4v) is 1.63. The van der Waals surface area contributed by atoms with Gasteiger partial charge in [0.25, 0.3) is 0 Å². The van der Waals surface area contributed by atoms with E-state index in [9.17, 15) is 0 Å². The van der Waals surface area contributed by atoms with Gasteiger partial charge in [0.2, 0.25) is 0 Å². The molecule has 1 aromatic carbocycles. The number of ether oxygens (including phenoxy) is 1. The molecule has 0 aliphatic carbocycles. The molecule has 0 aliphatic heterocycles. The third-order valence-corrected chi connectivity index (χ3v) is 2.70. The molecule has 0 fully saturated rings. The Balaban J connectivity index is 3.02. The van der Waals surface area contributed by atoms with Crippen LogP contribution in [0.25, 0.3) is 0 Å². The number of hydrogen-bond donors (Lipinski definition) is 0. The minimum absolute atomic E-state index is 0.566. The summed E-state index contributed by atoms with van der Waals surface area (Å²) in [6, 6.07) is 6.47. The summed E-state index contributed by atoms with van der Waals surface area (Å²) < 4.78 is 5.38. The number of hydrogen-bond acceptors (Lipinski definition) is 1. The van der Waals surface area contributed by atoms with Crippen LogP contribution in [-0.2, 0) is 6.42 Å². The van der Waals surface area contributed by atoms with Gasteiger partial charge < -0.3 is 4.74 Å². The Labute approximate surface area is 99.1 Å². The lowest BCUT2D eigenvalue weighted by atomic mass is 9.98. The molecule has 0 bridgehead atoms. The average Bonchev–Trinajstić information content (AvgIpc) is 2.25. The van der Waals surface area contributed by atoms with Crippen molar-refractivity contribution in [1.29, 1.82) is 0 Å². The van der Waals surface area contributed by atoms with E-state index in [4.69, 9.17) is 4.74 Å². The van der Waals surface area contributed by atoms with Gasteiger partial charge in [0, 0.05) is 0 Å². The van der Waals surface area contributed by atoms with Crippen LogP contribution in [0.15, 0.2) is 29.8 Å². The zero-order chi connectivity index (χ0) is 12.1. The van der Waals surface area contributed by atoms with Gasteiger partial charge in [-0.1, -0.05) is 37.6 Å². The van der Waals surface area contributed by atoms with Crippen LogP contribution in [-0.4, -0.2) is 7.11 Å². The van der Waals surface area contributed by atoms with Crippen molar-refractivity contribution in [3.63, 3.8) is 0 Å². The molecule has 0 aromatic heterocycles. The average molecular weight is 218 g/mol. The molecule has 0 heterocycles. The smallest absolute Gasteiger partial charge is 0.122 e. The Morgan fingerprint density at radius 1 is 1.31 bits per heavy atom. The Bertz CT molecular complexity index is 371. The summed E-state index contributed by atoms with van der Waals surface area (Å²) in [4.78, 5) is 0. The Hall–Kier alpha value is -1.24. The molecule has 0 radical (unpaired) electrons. The van der Waals surface area contributed by atoms with Crippen LogP contribution in [0.4, 0.5) is 0 Å². The summed E-state index contributed by atoms with van der Waals surface area (Å²) in [5.41, 5.74) is 3.99. The van der Waals surface area contributed by atoms with E-state index >= 15 is 0 Å². The first kappa shape index (κ1) is 12.8. The number of rotatable bonds is 4. The predicted molar refractivity (Wildman–Crippen MR) is 70.2 cm³/mol. The minimum Gasteiger partial charge on any atom is -0.496 e. The highest BCUT2D eigenvalue weighted by atomic mass is 16.5. The number of benzene rings is 1. The van der Waals surface area contributed by atoms with Gasteiger partial charge in [0.05, 0.1) is 7.11 Å². The molecule has 0 amide bonds. The van der Waals surface area contributed by atoms with Crippen molar-refractivity contribution in [2.45, 2.75) is 40.0 Å². The van der Waals surface area contributed by atoms with Gasteiger partial charge in [-0.25, -0.2) is 0 Å². The van der Waals surface area contributed by atoms with Crippen LogP contribution in [0, 0.1) is 0 Å². The van der Waals surface area contributed by atoms with Crippen molar-refractivity contribution >= 4 is 0 Å². The Kier molecular flexibility index (Phi) is 4.60. The molecule has 0 N–H and O–H groups in total. The molecule has 1 heteroatoms. The zero-order valence-corrected chi connectivity index (χ0v) is 11.0. The molecule has 1 aromatic rings. The van der Waals surface area contributed by atoms with E-state index in [-0.39, 0.29) is 0 Å². The van der Waals surface area contributed by atoms with Crippen molar-refractivity contribution in [3.05, 3.63) is 41.0 Å². The van der Waals surface area contributed by atoms with Crippen molar-refractivity contribution in [2.24, 2.45) is 0 Å². The van der Waals surface area contributed by atoms with Crippen molar-refractivity contribution in [2.75, 3.05) is 7.11 Å².